The summed E-state index contributed by atoms with van der Waals surface area (Å²) < 4.78 is 12.4. The average Bonchev–Trinajstić information content (AvgIpc) is 3.13. The maximum atomic E-state index is 5.96. The number of quaternary nitrogens is 1. The summed E-state index contributed by atoms with van der Waals surface area (Å²) in [5.41, 5.74) is 2.28. The first kappa shape index (κ1) is 17.2. The summed E-state index contributed by atoms with van der Waals surface area (Å²) in [4.78, 5) is 4.11. The van der Waals surface area contributed by atoms with Crippen molar-refractivity contribution < 1.29 is 14.8 Å². The van der Waals surface area contributed by atoms with Crippen LogP contribution in [0.4, 0.5) is 0 Å². The monoisotopic (exact) mass is 391 g/mol. The highest BCUT2D eigenvalue weighted by molar-refractivity contribution is 9.10. The molecule has 0 atom stereocenters. The Hall–Kier alpha value is -1.59. The van der Waals surface area contributed by atoms with Gasteiger partial charge in [0.15, 0.2) is 11.5 Å². The van der Waals surface area contributed by atoms with Gasteiger partial charge < -0.3 is 14.8 Å². The van der Waals surface area contributed by atoms with Gasteiger partial charge in [0.05, 0.1) is 17.6 Å². The fourth-order valence-electron chi connectivity index (χ4n) is 3.17. The minimum Gasteiger partial charge on any atom is -0.493 e. The maximum absolute atomic E-state index is 5.96. The Labute approximate surface area is 151 Å². The van der Waals surface area contributed by atoms with E-state index in [9.17, 15) is 0 Å². The highest BCUT2D eigenvalue weighted by Crippen LogP contribution is 2.37. The number of aromatic nitrogens is 1. The van der Waals surface area contributed by atoms with Gasteiger partial charge in [-0.3, -0.25) is 4.98 Å². The predicted molar refractivity (Wildman–Crippen MR) is 97.1 cm³/mol. The zero-order chi connectivity index (χ0) is 16.8. The Balaban J connectivity index is 1.67. The van der Waals surface area contributed by atoms with Crippen molar-refractivity contribution >= 4 is 15.9 Å². The molecule has 0 aliphatic heterocycles. The van der Waals surface area contributed by atoms with Crippen molar-refractivity contribution in [3.8, 4) is 11.5 Å². The molecule has 4 nitrogen and oxygen atoms in total. The lowest BCUT2D eigenvalue weighted by Gasteiger charge is -2.15. The summed E-state index contributed by atoms with van der Waals surface area (Å²) in [5.74, 6) is 1.51. The Morgan fingerprint density at radius 1 is 1.25 bits per heavy atom. The van der Waals surface area contributed by atoms with Crippen LogP contribution < -0.4 is 14.8 Å². The van der Waals surface area contributed by atoms with Crippen molar-refractivity contribution in [2.24, 2.45) is 0 Å². The van der Waals surface area contributed by atoms with Gasteiger partial charge in [0.1, 0.15) is 13.2 Å². The van der Waals surface area contributed by atoms with E-state index >= 15 is 0 Å². The Morgan fingerprint density at radius 3 is 2.79 bits per heavy atom. The van der Waals surface area contributed by atoms with Gasteiger partial charge in [-0.25, -0.2) is 0 Å². The van der Waals surface area contributed by atoms with Crippen molar-refractivity contribution in [2.45, 2.75) is 44.9 Å². The van der Waals surface area contributed by atoms with Crippen LogP contribution in [0.1, 0.15) is 36.8 Å². The summed E-state index contributed by atoms with van der Waals surface area (Å²) in [7, 11) is 1.68. The topological polar surface area (TPSA) is 48.0 Å². The molecule has 1 heterocycles. The number of hydrogen-bond acceptors (Lipinski definition) is 3. The third kappa shape index (κ3) is 4.48. The zero-order valence-electron chi connectivity index (χ0n) is 14.0. The molecule has 1 aliphatic carbocycles. The molecule has 1 fully saturated rings. The molecule has 0 saturated heterocycles. The zero-order valence-corrected chi connectivity index (χ0v) is 15.6. The lowest BCUT2D eigenvalue weighted by atomic mass is 10.1. The molecule has 1 aliphatic rings. The normalized spacial score (nSPS) is 14.8. The van der Waals surface area contributed by atoms with E-state index < -0.39 is 0 Å². The maximum Gasteiger partial charge on any atom is 0.175 e. The first-order valence-corrected chi connectivity index (χ1v) is 9.27. The molecule has 1 aromatic heterocycles. The first-order valence-electron chi connectivity index (χ1n) is 8.47. The number of hydrogen-bond donors (Lipinski definition) is 1. The third-order valence-corrected chi connectivity index (χ3v) is 5.07. The molecule has 0 radical (unpaired) electrons. The minimum atomic E-state index is 0.469. The van der Waals surface area contributed by atoms with Crippen molar-refractivity contribution in [3.05, 3.63) is 52.3 Å². The van der Waals surface area contributed by atoms with Gasteiger partial charge in [0.25, 0.3) is 0 Å². The van der Waals surface area contributed by atoms with Gasteiger partial charge in [-0.1, -0.05) is 6.07 Å². The van der Waals surface area contributed by atoms with E-state index in [4.69, 9.17) is 9.47 Å². The van der Waals surface area contributed by atoms with E-state index in [2.05, 4.69) is 38.4 Å². The van der Waals surface area contributed by atoms with Crippen molar-refractivity contribution in [1.29, 1.82) is 0 Å². The fourth-order valence-corrected chi connectivity index (χ4v) is 3.77. The van der Waals surface area contributed by atoms with Gasteiger partial charge in [-0.2, -0.15) is 0 Å². The number of nitrogens with two attached hydrogens (primary N) is 1. The molecule has 1 saturated carbocycles. The van der Waals surface area contributed by atoms with Gasteiger partial charge in [0, 0.05) is 23.5 Å². The van der Waals surface area contributed by atoms with Crippen LogP contribution in [-0.4, -0.2) is 18.1 Å². The van der Waals surface area contributed by atoms with Gasteiger partial charge in [-0.15, -0.1) is 0 Å². The largest absolute Gasteiger partial charge is 0.493 e. The molecule has 0 unspecified atom stereocenters. The molecule has 1 aromatic carbocycles. The second kappa shape index (κ2) is 8.49. The number of pyridine rings is 1. The third-order valence-electron chi connectivity index (χ3n) is 4.48. The Kier molecular flexibility index (Phi) is 6.10. The molecule has 128 valence electrons. The van der Waals surface area contributed by atoms with E-state index in [-0.39, 0.29) is 0 Å². The highest BCUT2D eigenvalue weighted by atomic mass is 79.9. The van der Waals surface area contributed by atoms with E-state index in [1.54, 1.807) is 13.3 Å². The molecule has 0 bridgehead atoms. The summed E-state index contributed by atoms with van der Waals surface area (Å²) >= 11 is 3.63. The number of methoxy groups -OCH3 is 1. The molecule has 0 amide bonds. The van der Waals surface area contributed by atoms with Crippen LogP contribution in [0.25, 0.3) is 0 Å². The highest BCUT2D eigenvalue weighted by Gasteiger charge is 2.18. The molecule has 3 rings (SSSR count). The average molecular weight is 392 g/mol. The number of rotatable bonds is 7. The molecule has 0 spiro atoms. The SMILES string of the molecule is COc1cc(C[NH2+]C2CCCC2)cc(Br)c1OCc1cccnc1. The van der Waals surface area contributed by atoms with Crippen LogP contribution in [0.2, 0.25) is 0 Å². The standard InChI is InChI=1S/C19H23BrN2O2/c1-23-18-10-15(12-22-16-6-2-3-7-16)9-17(20)19(18)24-13-14-5-4-8-21-11-14/h4-5,8-11,16,22H,2-3,6-7,12-13H2,1H3/p+1. The van der Waals surface area contributed by atoms with Crippen LogP contribution in [0.3, 0.4) is 0 Å². The van der Waals surface area contributed by atoms with Crippen molar-refractivity contribution in [3.63, 3.8) is 0 Å². The van der Waals surface area contributed by atoms with Crippen LogP contribution >= 0.6 is 15.9 Å². The summed E-state index contributed by atoms with van der Waals surface area (Å²) in [6, 6.07) is 8.89. The molecular weight excluding hydrogens is 368 g/mol. The number of ether oxygens (including phenoxy) is 2. The second-order valence-corrected chi connectivity index (χ2v) is 7.10. The van der Waals surface area contributed by atoms with E-state index in [1.165, 1.54) is 31.2 Å². The Bertz CT molecular complexity index is 658. The number of nitrogens with zero attached hydrogens (tertiary/aromatic N) is 1. The predicted octanol–water partition coefficient (Wildman–Crippen LogP) is 3.44. The van der Waals surface area contributed by atoms with Crippen LogP contribution in [0.5, 0.6) is 11.5 Å². The summed E-state index contributed by atoms with van der Waals surface area (Å²) in [6.07, 6.45) is 8.99. The van der Waals surface area contributed by atoms with Gasteiger partial charge in [-0.05, 0) is 59.8 Å². The lowest BCUT2D eigenvalue weighted by Crippen LogP contribution is -2.87. The van der Waals surface area contributed by atoms with Crippen LogP contribution in [0, 0.1) is 0 Å². The van der Waals surface area contributed by atoms with E-state index in [0.29, 0.717) is 6.61 Å². The van der Waals surface area contributed by atoms with Crippen LogP contribution in [0.15, 0.2) is 41.1 Å². The molecular formula is C19H24BrN2O2+. The van der Waals surface area contributed by atoms with Crippen molar-refractivity contribution in [2.75, 3.05) is 7.11 Å². The number of benzene rings is 1. The minimum absolute atomic E-state index is 0.469. The van der Waals surface area contributed by atoms with E-state index in [1.807, 2.05) is 18.3 Å². The van der Waals surface area contributed by atoms with Crippen molar-refractivity contribution in [1.82, 2.24) is 4.98 Å². The number of halogens is 1. The lowest BCUT2D eigenvalue weighted by molar-refractivity contribution is -0.703. The summed E-state index contributed by atoms with van der Waals surface area (Å²) in [5, 5.41) is 2.45. The first-order chi connectivity index (χ1) is 11.8. The molecule has 2 aromatic rings. The second-order valence-electron chi connectivity index (χ2n) is 6.24. The molecule has 2 N–H and O–H groups in total. The smallest absolute Gasteiger partial charge is 0.175 e. The fraction of sp³-hybridized carbons (Fsp3) is 0.421. The summed E-state index contributed by atoms with van der Waals surface area (Å²) in [6.45, 7) is 1.44. The van der Waals surface area contributed by atoms with Crippen LogP contribution in [-0.2, 0) is 13.2 Å². The Morgan fingerprint density at radius 2 is 2.08 bits per heavy atom. The van der Waals surface area contributed by atoms with Gasteiger partial charge >= 0.3 is 0 Å². The molecule has 5 heteroatoms. The quantitative estimate of drug-likeness (QED) is 0.786. The molecule has 24 heavy (non-hydrogen) atoms. The van der Waals surface area contributed by atoms with Gasteiger partial charge in [0.2, 0.25) is 0 Å². The van der Waals surface area contributed by atoms with E-state index in [0.717, 1.165) is 34.1 Å².